The molecule has 0 bridgehead atoms. The van der Waals surface area contributed by atoms with Crippen LogP contribution < -0.4 is 0 Å². The van der Waals surface area contributed by atoms with Gasteiger partial charge in [-0.3, -0.25) is 4.79 Å². The van der Waals surface area contributed by atoms with Crippen molar-refractivity contribution in [1.82, 2.24) is 0 Å². The van der Waals surface area contributed by atoms with E-state index in [0.717, 1.165) is 83.5 Å². The van der Waals surface area contributed by atoms with E-state index >= 15 is 0 Å². The molecule has 0 amide bonds. The lowest BCUT2D eigenvalue weighted by Gasteiger charge is -2.27. The van der Waals surface area contributed by atoms with E-state index in [1.54, 1.807) is 0 Å². The third-order valence-corrected chi connectivity index (χ3v) is 9.92. The Labute approximate surface area is 286 Å². The number of unbranched alkanes of at least 4 members (excludes halogenated alkanes) is 15. The van der Waals surface area contributed by atoms with Crippen LogP contribution in [0.4, 0.5) is 0 Å². The SMILES string of the molecule is CCCCCCCCCCCCC(O)C1CCC(C(CC(O)CCCCCCCCCC(O)CCC2=CC(C)OC2=O)OC(C)=O)O1. The Balaban J connectivity index is 1.50. The van der Waals surface area contributed by atoms with Gasteiger partial charge in [0.25, 0.3) is 0 Å². The normalized spacial score (nSPS) is 22.1. The fraction of sp³-hybridized carbons (Fsp3) is 0.897. The summed E-state index contributed by atoms with van der Waals surface area (Å²) in [6, 6.07) is 0. The van der Waals surface area contributed by atoms with E-state index in [2.05, 4.69) is 6.92 Å². The molecule has 0 aromatic rings. The predicted octanol–water partition coefficient (Wildman–Crippen LogP) is 8.41. The first-order chi connectivity index (χ1) is 22.7. The molecule has 2 aliphatic heterocycles. The van der Waals surface area contributed by atoms with E-state index in [1.165, 1.54) is 58.3 Å². The van der Waals surface area contributed by atoms with Crippen molar-refractivity contribution in [3.8, 4) is 0 Å². The molecule has 7 atom stereocenters. The zero-order valence-electron chi connectivity index (χ0n) is 30.2. The van der Waals surface area contributed by atoms with Gasteiger partial charge in [0.05, 0.1) is 30.5 Å². The molecular formula is C39H70O8. The first-order valence-electron chi connectivity index (χ1n) is 19.5. The number of rotatable bonds is 29. The van der Waals surface area contributed by atoms with Crippen LogP contribution in [0.1, 0.15) is 181 Å². The molecule has 2 aliphatic rings. The third-order valence-electron chi connectivity index (χ3n) is 9.92. The lowest BCUT2D eigenvalue weighted by molar-refractivity contribution is -0.159. The minimum Gasteiger partial charge on any atom is -0.460 e. The number of esters is 2. The number of carbonyl (C=O) groups excluding carboxylic acids is 2. The van der Waals surface area contributed by atoms with Crippen LogP contribution in [0.25, 0.3) is 0 Å². The van der Waals surface area contributed by atoms with Crippen LogP contribution in [-0.2, 0) is 23.8 Å². The van der Waals surface area contributed by atoms with Gasteiger partial charge < -0.3 is 29.5 Å². The van der Waals surface area contributed by atoms with Crippen LogP contribution in [0.3, 0.4) is 0 Å². The van der Waals surface area contributed by atoms with Gasteiger partial charge in [-0.1, -0.05) is 116 Å². The van der Waals surface area contributed by atoms with Crippen molar-refractivity contribution in [2.75, 3.05) is 0 Å². The highest BCUT2D eigenvalue weighted by Gasteiger charge is 2.37. The predicted molar refractivity (Wildman–Crippen MR) is 187 cm³/mol. The molecular weight excluding hydrogens is 596 g/mol. The Bertz CT molecular complexity index is 860. The maximum absolute atomic E-state index is 11.8. The Morgan fingerprint density at radius 1 is 0.766 bits per heavy atom. The molecule has 8 heteroatoms. The van der Waals surface area contributed by atoms with Gasteiger partial charge >= 0.3 is 11.9 Å². The van der Waals surface area contributed by atoms with E-state index in [0.29, 0.717) is 31.3 Å². The van der Waals surface area contributed by atoms with Gasteiger partial charge in [-0.25, -0.2) is 4.79 Å². The molecule has 47 heavy (non-hydrogen) atoms. The fourth-order valence-electron chi connectivity index (χ4n) is 7.07. The lowest BCUT2D eigenvalue weighted by Crippen LogP contribution is -2.36. The van der Waals surface area contributed by atoms with E-state index in [4.69, 9.17) is 14.2 Å². The van der Waals surface area contributed by atoms with Gasteiger partial charge in [0.15, 0.2) is 0 Å². The number of hydrogen-bond donors (Lipinski definition) is 3. The molecule has 2 heterocycles. The first kappa shape index (κ1) is 41.7. The molecule has 0 saturated carbocycles. The average molecular weight is 667 g/mol. The summed E-state index contributed by atoms with van der Waals surface area (Å²) in [5.74, 6) is -0.610. The molecule has 0 aromatic carbocycles. The molecule has 7 unspecified atom stereocenters. The van der Waals surface area contributed by atoms with Crippen molar-refractivity contribution in [3.63, 3.8) is 0 Å². The van der Waals surface area contributed by atoms with Gasteiger partial charge in [0, 0.05) is 18.9 Å². The minimum absolute atomic E-state index is 0.153. The van der Waals surface area contributed by atoms with Crippen LogP contribution in [-0.4, -0.2) is 70.0 Å². The summed E-state index contributed by atoms with van der Waals surface area (Å²) in [5.41, 5.74) is 0.689. The molecule has 1 saturated heterocycles. The van der Waals surface area contributed by atoms with Crippen molar-refractivity contribution in [3.05, 3.63) is 11.6 Å². The fourth-order valence-corrected chi connectivity index (χ4v) is 7.07. The van der Waals surface area contributed by atoms with Crippen LogP contribution in [0.15, 0.2) is 11.6 Å². The second-order valence-electron chi connectivity index (χ2n) is 14.4. The summed E-state index contributed by atoms with van der Waals surface area (Å²) >= 11 is 0. The minimum atomic E-state index is -0.551. The van der Waals surface area contributed by atoms with E-state index < -0.39 is 18.3 Å². The Hall–Kier alpha value is -1.48. The van der Waals surface area contributed by atoms with Crippen LogP contribution in [0.2, 0.25) is 0 Å². The van der Waals surface area contributed by atoms with Crippen molar-refractivity contribution in [2.45, 2.75) is 224 Å². The highest BCUT2D eigenvalue weighted by atomic mass is 16.6. The average Bonchev–Trinajstić information content (AvgIpc) is 3.65. The largest absolute Gasteiger partial charge is 0.460 e. The summed E-state index contributed by atoms with van der Waals surface area (Å²) in [6.45, 7) is 5.50. The Morgan fingerprint density at radius 2 is 1.28 bits per heavy atom. The third kappa shape index (κ3) is 19.3. The highest BCUT2D eigenvalue weighted by Crippen LogP contribution is 2.30. The van der Waals surface area contributed by atoms with Gasteiger partial charge in [-0.05, 0) is 57.9 Å². The number of aliphatic hydroxyl groups is 3. The summed E-state index contributed by atoms with van der Waals surface area (Å²) in [5, 5.41) is 31.7. The molecule has 3 N–H and O–H groups in total. The van der Waals surface area contributed by atoms with E-state index in [-0.39, 0.29) is 36.4 Å². The topological polar surface area (TPSA) is 123 Å². The standard InChI is InChI=1S/C39H70O8/c1-4-5-6-7-8-9-10-14-17-20-23-35(43)36-26-27-37(47-36)38(46-31(3)40)29-34(42)22-19-16-13-11-12-15-18-21-33(41)25-24-32-28-30(2)45-39(32)44/h28,30,33-38,41-43H,4-27,29H2,1-3H3. The molecule has 274 valence electrons. The summed E-state index contributed by atoms with van der Waals surface area (Å²) in [7, 11) is 0. The number of ether oxygens (including phenoxy) is 3. The second-order valence-corrected chi connectivity index (χ2v) is 14.4. The summed E-state index contributed by atoms with van der Waals surface area (Å²) in [6.07, 6.45) is 24.6. The number of carbonyl (C=O) groups is 2. The number of hydrogen-bond acceptors (Lipinski definition) is 8. The maximum atomic E-state index is 11.8. The Morgan fingerprint density at radius 3 is 1.81 bits per heavy atom. The zero-order chi connectivity index (χ0) is 34.3. The van der Waals surface area contributed by atoms with Gasteiger partial charge in [0.2, 0.25) is 0 Å². The molecule has 1 fully saturated rings. The van der Waals surface area contributed by atoms with Gasteiger partial charge in [-0.2, -0.15) is 0 Å². The monoisotopic (exact) mass is 667 g/mol. The van der Waals surface area contributed by atoms with E-state index in [1.807, 2.05) is 13.0 Å². The van der Waals surface area contributed by atoms with E-state index in [9.17, 15) is 24.9 Å². The first-order valence-corrected chi connectivity index (χ1v) is 19.5. The number of cyclic esters (lactones) is 1. The quantitative estimate of drug-likeness (QED) is 0.0537. The summed E-state index contributed by atoms with van der Waals surface area (Å²) < 4.78 is 16.9. The van der Waals surface area contributed by atoms with Crippen molar-refractivity contribution >= 4 is 11.9 Å². The number of aliphatic hydroxyl groups excluding tert-OH is 3. The molecule has 0 aromatic heterocycles. The highest BCUT2D eigenvalue weighted by molar-refractivity contribution is 5.90. The molecule has 8 nitrogen and oxygen atoms in total. The van der Waals surface area contributed by atoms with Crippen molar-refractivity contribution in [2.24, 2.45) is 0 Å². The van der Waals surface area contributed by atoms with Crippen LogP contribution in [0.5, 0.6) is 0 Å². The second kappa shape index (κ2) is 25.5. The lowest BCUT2D eigenvalue weighted by atomic mass is 9.98. The molecule has 0 aliphatic carbocycles. The molecule has 0 spiro atoms. The molecule has 0 radical (unpaired) electrons. The zero-order valence-corrected chi connectivity index (χ0v) is 30.2. The smallest absolute Gasteiger partial charge is 0.334 e. The molecule has 2 rings (SSSR count). The van der Waals surface area contributed by atoms with Crippen LogP contribution in [0, 0.1) is 0 Å². The Kier molecular flexibility index (Phi) is 22.6. The van der Waals surface area contributed by atoms with Crippen molar-refractivity contribution in [1.29, 1.82) is 0 Å². The van der Waals surface area contributed by atoms with Crippen molar-refractivity contribution < 1.29 is 39.1 Å². The maximum Gasteiger partial charge on any atom is 0.334 e. The van der Waals surface area contributed by atoms with Crippen LogP contribution >= 0.6 is 0 Å². The summed E-state index contributed by atoms with van der Waals surface area (Å²) in [4.78, 5) is 23.5. The van der Waals surface area contributed by atoms with Gasteiger partial charge in [0.1, 0.15) is 12.2 Å². The van der Waals surface area contributed by atoms with Gasteiger partial charge in [-0.15, -0.1) is 0 Å².